The lowest BCUT2D eigenvalue weighted by Gasteiger charge is -2.37. The first-order chi connectivity index (χ1) is 7.09. The van der Waals surface area contributed by atoms with Crippen molar-refractivity contribution in [2.45, 2.75) is 33.3 Å². The molecule has 0 aliphatic carbocycles. The van der Waals surface area contributed by atoms with Gasteiger partial charge in [-0.15, -0.1) is 0 Å². The van der Waals surface area contributed by atoms with Crippen LogP contribution in [0.5, 0.6) is 0 Å². The normalized spacial score (nSPS) is 16.0. The topological polar surface area (TPSA) is 20.2 Å². The molecule has 90 valence electrons. The smallest absolute Gasteiger partial charge is 0.149 e. The zero-order valence-electron chi connectivity index (χ0n) is 9.74. The lowest BCUT2D eigenvalue weighted by atomic mass is 9.73. The summed E-state index contributed by atoms with van der Waals surface area (Å²) in [7, 11) is 0. The fourth-order valence-corrected chi connectivity index (χ4v) is 1.78. The van der Waals surface area contributed by atoms with E-state index in [1.165, 1.54) is 0 Å². The molecular weight excluding hydrogens is 294 g/mol. The van der Waals surface area contributed by atoms with Crippen LogP contribution in [0, 0.1) is 11.2 Å². The van der Waals surface area contributed by atoms with E-state index in [4.69, 9.17) is 11.6 Å². The highest BCUT2D eigenvalue weighted by atomic mass is 79.9. The van der Waals surface area contributed by atoms with Crippen LogP contribution in [0.25, 0.3) is 0 Å². The Morgan fingerprint density at radius 3 is 2.19 bits per heavy atom. The van der Waals surface area contributed by atoms with Gasteiger partial charge < -0.3 is 5.11 Å². The molecule has 4 heteroatoms. The molecule has 0 aliphatic rings. The van der Waals surface area contributed by atoms with Crippen molar-refractivity contribution in [3.8, 4) is 0 Å². The van der Waals surface area contributed by atoms with Crippen LogP contribution in [-0.2, 0) is 5.60 Å². The third kappa shape index (κ3) is 2.27. The van der Waals surface area contributed by atoms with E-state index in [0.717, 1.165) is 0 Å². The minimum atomic E-state index is -1.28. The van der Waals surface area contributed by atoms with E-state index in [1.807, 2.05) is 20.8 Å². The average Bonchev–Trinajstić information content (AvgIpc) is 2.12. The van der Waals surface area contributed by atoms with Crippen molar-refractivity contribution >= 4 is 27.5 Å². The zero-order valence-corrected chi connectivity index (χ0v) is 12.1. The Morgan fingerprint density at radius 1 is 1.25 bits per heavy atom. The summed E-state index contributed by atoms with van der Waals surface area (Å²) in [6.45, 7) is 7.14. The number of rotatable bonds is 1. The van der Waals surface area contributed by atoms with E-state index in [1.54, 1.807) is 19.1 Å². The molecule has 1 atom stereocenters. The third-order valence-corrected chi connectivity index (χ3v) is 4.28. The molecule has 0 amide bonds. The molecule has 0 aliphatic heterocycles. The molecule has 1 aromatic rings. The Kier molecular flexibility index (Phi) is 3.73. The lowest BCUT2D eigenvalue weighted by Crippen LogP contribution is -2.37. The van der Waals surface area contributed by atoms with Crippen LogP contribution in [0.2, 0.25) is 5.02 Å². The second kappa shape index (κ2) is 4.28. The number of halogens is 3. The van der Waals surface area contributed by atoms with Crippen LogP contribution in [-0.4, -0.2) is 5.11 Å². The second-order valence-corrected chi connectivity index (χ2v) is 6.28. The number of hydrogen-bond acceptors (Lipinski definition) is 1. The quantitative estimate of drug-likeness (QED) is 0.758. The average molecular weight is 310 g/mol. The Morgan fingerprint density at radius 2 is 1.75 bits per heavy atom. The van der Waals surface area contributed by atoms with Gasteiger partial charge in [0.2, 0.25) is 0 Å². The first kappa shape index (κ1) is 13.9. The molecule has 1 rings (SSSR count). The van der Waals surface area contributed by atoms with Crippen molar-refractivity contribution in [1.82, 2.24) is 0 Å². The first-order valence-electron chi connectivity index (χ1n) is 4.95. The van der Waals surface area contributed by atoms with Crippen molar-refractivity contribution in [2.75, 3.05) is 0 Å². The Hall–Kier alpha value is -0.120. The van der Waals surface area contributed by atoms with Gasteiger partial charge in [0.25, 0.3) is 0 Å². The van der Waals surface area contributed by atoms with Crippen LogP contribution in [0.3, 0.4) is 0 Å². The zero-order chi connectivity index (χ0) is 12.7. The van der Waals surface area contributed by atoms with E-state index in [-0.39, 0.29) is 10.6 Å². The summed E-state index contributed by atoms with van der Waals surface area (Å²) in [5.74, 6) is -0.573. The van der Waals surface area contributed by atoms with Crippen molar-refractivity contribution < 1.29 is 9.50 Å². The van der Waals surface area contributed by atoms with Crippen molar-refractivity contribution in [3.05, 3.63) is 33.0 Å². The summed E-state index contributed by atoms with van der Waals surface area (Å²) in [5.41, 5.74) is -1.54. The van der Waals surface area contributed by atoms with Gasteiger partial charge in [-0.1, -0.05) is 38.4 Å². The van der Waals surface area contributed by atoms with E-state index >= 15 is 0 Å². The summed E-state index contributed by atoms with van der Waals surface area (Å²) < 4.78 is 14.5. The maximum Gasteiger partial charge on any atom is 0.149 e. The molecule has 0 aromatic heterocycles. The molecule has 0 heterocycles. The van der Waals surface area contributed by atoms with Gasteiger partial charge in [-0.05, 0) is 34.3 Å². The molecule has 1 N–H and O–H groups in total. The fourth-order valence-electron chi connectivity index (χ4n) is 1.31. The number of aliphatic hydroxyl groups is 1. The van der Waals surface area contributed by atoms with Crippen LogP contribution < -0.4 is 0 Å². The minimum absolute atomic E-state index is 0.00188. The molecule has 0 saturated carbocycles. The monoisotopic (exact) mass is 308 g/mol. The standard InChI is InChI=1S/C12H15BrClFO/c1-11(2,3)12(4,16)7-5-6-8(13)9(14)10(7)15/h5-6,16H,1-4H3. The molecule has 0 spiro atoms. The van der Waals surface area contributed by atoms with Crippen LogP contribution in [0.4, 0.5) is 4.39 Å². The molecule has 1 nitrogen and oxygen atoms in total. The largest absolute Gasteiger partial charge is 0.385 e. The maximum absolute atomic E-state index is 14.0. The van der Waals surface area contributed by atoms with Gasteiger partial charge in [-0.2, -0.15) is 0 Å². The first-order valence-corrected chi connectivity index (χ1v) is 6.12. The molecule has 1 unspecified atom stereocenters. The molecule has 1 aromatic carbocycles. The number of hydrogen-bond donors (Lipinski definition) is 1. The van der Waals surface area contributed by atoms with Gasteiger partial charge in [-0.25, -0.2) is 4.39 Å². The van der Waals surface area contributed by atoms with E-state index in [2.05, 4.69) is 15.9 Å². The summed E-state index contributed by atoms with van der Waals surface area (Å²) in [6, 6.07) is 3.19. The molecule has 16 heavy (non-hydrogen) atoms. The molecule has 0 fully saturated rings. The van der Waals surface area contributed by atoms with Gasteiger partial charge in [0.05, 0.1) is 10.6 Å². The van der Waals surface area contributed by atoms with Crippen molar-refractivity contribution in [1.29, 1.82) is 0 Å². The van der Waals surface area contributed by atoms with Crippen molar-refractivity contribution in [2.24, 2.45) is 5.41 Å². The predicted octanol–water partition coefficient (Wildman–Crippen LogP) is 4.50. The second-order valence-electron chi connectivity index (χ2n) is 5.05. The van der Waals surface area contributed by atoms with Crippen LogP contribution >= 0.6 is 27.5 Å². The SMILES string of the molecule is CC(C)(C)C(C)(O)c1ccc(Br)c(Cl)c1F. The van der Waals surface area contributed by atoms with Crippen molar-refractivity contribution in [3.63, 3.8) is 0 Å². The Bertz CT molecular complexity index is 410. The summed E-state index contributed by atoms with van der Waals surface area (Å²) >= 11 is 8.95. The van der Waals surface area contributed by atoms with Gasteiger partial charge in [0.15, 0.2) is 0 Å². The summed E-state index contributed by atoms with van der Waals surface area (Å²) in [5, 5.41) is 10.4. The molecule has 0 bridgehead atoms. The van der Waals surface area contributed by atoms with Gasteiger partial charge in [-0.3, -0.25) is 0 Å². The molecular formula is C12H15BrClFO. The summed E-state index contributed by atoms with van der Waals surface area (Å²) in [4.78, 5) is 0. The minimum Gasteiger partial charge on any atom is -0.385 e. The van der Waals surface area contributed by atoms with Crippen LogP contribution in [0.1, 0.15) is 33.3 Å². The van der Waals surface area contributed by atoms with Gasteiger partial charge in [0, 0.05) is 10.0 Å². The maximum atomic E-state index is 14.0. The molecule has 0 saturated heterocycles. The van der Waals surface area contributed by atoms with E-state index in [0.29, 0.717) is 4.47 Å². The van der Waals surface area contributed by atoms with Crippen LogP contribution in [0.15, 0.2) is 16.6 Å². The summed E-state index contributed by atoms with van der Waals surface area (Å²) in [6.07, 6.45) is 0. The Balaban J connectivity index is 3.41. The lowest BCUT2D eigenvalue weighted by molar-refractivity contribution is -0.0497. The van der Waals surface area contributed by atoms with Gasteiger partial charge >= 0.3 is 0 Å². The highest BCUT2D eigenvalue weighted by Crippen LogP contribution is 2.42. The predicted molar refractivity (Wildman–Crippen MR) is 68.1 cm³/mol. The van der Waals surface area contributed by atoms with E-state index < -0.39 is 16.8 Å². The third-order valence-electron chi connectivity index (χ3n) is 3.02. The fraction of sp³-hybridized carbons (Fsp3) is 0.500. The number of benzene rings is 1. The van der Waals surface area contributed by atoms with E-state index in [9.17, 15) is 9.50 Å². The Labute approximate surface area is 109 Å². The highest BCUT2D eigenvalue weighted by molar-refractivity contribution is 9.10. The highest BCUT2D eigenvalue weighted by Gasteiger charge is 2.39. The molecule has 0 radical (unpaired) electrons. The van der Waals surface area contributed by atoms with Gasteiger partial charge in [0.1, 0.15) is 5.82 Å².